The van der Waals surface area contributed by atoms with Crippen molar-refractivity contribution in [3.8, 4) is 0 Å². The minimum Gasteiger partial charge on any atom is -0.478 e. The second-order valence-corrected chi connectivity index (χ2v) is 6.72. The van der Waals surface area contributed by atoms with Crippen LogP contribution in [-0.4, -0.2) is 27.5 Å². The van der Waals surface area contributed by atoms with Gasteiger partial charge in [0, 0.05) is 4.75 Å². The van der Waals surface area contributed by atoms with E-state index in [0.717, 1.165) is 6.07 Å². The Labute approximate surface area is 115 Å². The van der Waals surface area contributed by atoms with Crippen LogP contribution < -0.4 is 5.32 Å². The number of hydrogen-bond acceptors (Lipinski definition) is 3. The Morgan fingerprint density at radius 2 is 2.00 bits per heavy atom. The summed E-state index contributed by atoms with van der Waals surface area (Å²) < 4.78 is 13.5. The first-order valence-corrected chi connectivity index (χ1v) is 6.65. The topological polar surface area (TPSA) is 66.4 Å². The van der Waals surface area contributed by atoms with Crippen molar-refractivity contribution in [1.29, 1.82) is 0 Å². The van der Waals surface area contributed by atoms with E-state index in [4.69, 9.17) is 5.11 Å². The van der Waals surface area contributed by atoms with Crippen molar-refractivity contribution in [2.45, 2.75) is 25.5 Å². The summed E-state index contributed by atoms with van der Waals surface area (Å²) >= 11 is 1.40. The summed E-state index contributed by atoms with van der Waals surface area (Å²) in [5.41, 5.74) is -0.538. The molecule has 0 bridgehead atoms. The number of carboxylic acids is 1. The molecule has 1 amide bonds. The van der Waals surface area contributed by atoms with Gasteiger partial charge < -0.3 is 10.4 Å². The highest BCUT2D eigenvalue weighted by Gasteiger charge is 2.18. The Morgan fingerprint density at radius 3 is 2.53 bits per heavy atom. The number of thioether (sulfide) groups is 1. The van der Waals surface area contributed by atoms with Gasteiger partial charge in [-0.05, 0) is 12.1 Å². The van der Waals surface area contributed by atoms with Crippen LogP contribution in [0.15, 0.2) is 18.2 Å². The van der Waals surface area contributed by atoms with Crippen molar-refractivity contribution < 1.29 is 19.1 Å². The smallest absolute Gasteiger partial charge is 0.337 e. The zero-order valence-corrected chi connectivity index (χ0v) is 11.8. The van der Waals surface area contributed by atoms with Gasteiger partial charge in [-0.1, -0.05) is 26.8 Å². The Morgan fingerprint density at radius 1 is 1.37 bits per heavy atom. The van der Waals surface area contributed by atoms with Crippen LogP contribution in [0.25, 0.3) is 0 Å². The minimum absolute atomic E-state index is 0.0950. The molecule has 4 nitrogen and oxygen atoms in total. The van der Waals surface area contributed by atoms with Gasteiger partial charge in [-0.15, -0.1) is 11.8 Å². The van der Waals surface area contributed by atoms with Crippen LogP contribution in [0.2, 0.25) is 0 Å². The van der Waals surface area contributed by atoms with Crippen LogP contribution in [0, 0.1) is 5.82 Å². The lowest BCUT2D eigenvalue weighted by atomic mass is 10.1. The van der Waals surface area contributed by atoms with Gasteiger partial charge in [-0.2, -0.15) is 0 Å². The standard InChI is InChI=1S/C13H16FNO3S/c1-13(2,3)19-7-10(16)15-11-8(12(17)18)5-4-6-9(11)14/h4-6H,7H2,1-3H3,(H,15,16)(H,17,18). The predicted molar refractivity (Wildman–Crippen MR) is 74.2 cm³/mol. The van der Waals surface area contributed by atoms with E-state index in [1.165, 1.54) is 23.9 Å². The fourth-order valence-electron chi connectivity index (χ4n) is 1.29. The highest BCUT2D eigenvalue weighted by Crippen LogP contribution is 2.24. The number of aromatic carboxylic acids is 1. The van der Waals surface area contributed by atoms with Crippen molar-refractivity contribution in [1.82, 2.24) is 0 Å². The molecule has 1 rings (SSSR count). The van der Waals surface area contributed by atoms with Crippen molar-refractivity contribution in [3.63, 3.8) is 0 Å². The van der Waals surface area contributed by atoms with Gasteiger partial charge >= 0.3 is 5.97 Å². The highest BCUT2D eigenvalue weighted by atomic mass is 32.2. The first-order valence-electron chi connectivity index (χ1n) is 5.66. The molecule has 0 heterocycles. The van der Waals surface area contributed by atoms with Gasteiger partial charge in [-0.3, -0.25) is 4.79 Å². The summed E-state index contributed by atoms with van der Waals surface area (Å²) in [6.07, 6.45) is 0. The number of amides is 1. The molecule has 0 saturated heterocycles. The zero-order chi connectivity index (χ0) is 14.6. The molecule has 0 atom stereocenters. The molecule has 0 aliphatic heterocycles. The number of benzene rings is 1. The fourth-order valence-corrected chi connectivity index (χ4v) is 1.92. The molecule has 6 heteroatoms. The molecule has 0 aliphatic rings. The molecular weight excluding hydrogens is 269 g/mol. The maximum atomic E-state index is 13.6. The predicted octanol–water partition coefficient (Wildman–Crippen LogP) is 2.99. The van der Waals surface area contributed by atoms with Crippen LogP contribution in [0.1, 0.15) is 31.1 Å². The van der Waals surface area contributed by atoms with Crippen molar-refractivity contribution >= 4 is 29.3 Å². The number of hydrogen-bond donors (Lipinski definition) is 2. The van der Waals surface area contributed by atoms with E-state index in [2.05, 4.69) is 5.32 Å². The van der Waals surface area contributed by atoms with Gasteiger partial charge in [0.25, 0.3) is 0 Å². The Hall–Kier alpha value is -1.56. The largest absolute Gasteiger partial charge is 0.478 e. The number of carbonyl (C=O) groups is 2. The lowest BCUT2D eigenvalue weighted by molar-refractivity contribution is -0.113. The van der Waals surface area contributed by atoms with Gasteiger partial charge in [0.1, 0.15) is 5.82 Å². The van der Waals surface area contributed by atoms with Gasteiger partial charge in [-0.25, -0.2) is 9.18 Å². The van der Waals surface area contributed by atoms with E-state index in [1.54, 1.807) is 0 Å². The molecular formula is C13H16FNO3S. The third-order valence-electron chi connectivity index (χ3n) is 2.14. The van der Waals surface area contributed by atoms with E-state index < -0.39 is 17.7 Å². The summed E-state index contributed by atoms with van der Waals surface area (Å²) in [4.78, 5) is 22.6. The maximum Gasteiger partial charge on any atom is 0.337 e. The molecule has 0 fully saturated rings. The number of para-hydroxylation sites is 1. The van der Waals surface area contributed by atoms with E-state index in [-0.39, 0.29) is 21.8 Å². The number of nitrogens with one attached hydrogen (secondary N) is 1. The summed E-state index contributed by atoms with van der Waals surface area (Å²) in [6, 6.07) is 3.65. The van der Waals surface area contributed by atoms with Crippen LogP contribution in [-0.2, 0) is 4.79 Å². The second kappa shape index (κ2) is 6.06. The molecule has 104 valence electrons. The van der Waals surface area contributed by atoms with E-state index in [9.17, 15) is 14.0 Å². The van der Waals surface area contributed by atoms with Gasteiger partial charge in [0.05, 0.1) is 17.0 Å². The van der Waals surface area contributed by atoms with Crippen LogP contribution in [0.3, 0.4) is 0 Å². The lowest BCUT2D eigenvalue weighted by Gasteiger charge is -2.17. The average Bonchev–Trinajstić information content (AvgIpc) is 2.28. The van der Waals surface area contributed by atoms with E-state index >= 15 is 0 Å². The fraction of sp³-hybridized carbons (Fsp3) is 0.385. The Bertz CT molecular complexity index is 497. The molecule has 0 saturated carbocycles. The number of anilines is 1. The quantitative estimate of drug-likeness (QED) is 0.892. The molecule has 0 aromatic heterocycles. The maximum absolute atomic E-state index is 13.6. The number of halogens is 1. The van der Waals surface area contributed by atoms with E-state index in [1.807, 2.05) is 20.8 Å². The molecule has 19 heavy (non-hydrogen) atoms. The highest BCUT2D eigenvalue weighted by molar-refractivity contribution is 8.01. The summed E-state index contributed by atoms with van der Waals surface area (Å²) in [5, 5.41) is 11.3. The first kappa shape index (κ1) is 15.5. The number of carboxylic acid groups (broad SMARTS) is 1. The van der Waals surface area contributed by atoms with Gasteiger partial charge in [0.15, 0.2) is 0 Å². The summed E-state index contributed by atoms with van der Waals surface area (Å²) in [7, 11) is 0. The molecule has 1 aromatic carbocycles. The molecule has 1 aromatic rings. The van der Waals surface area contributed by atoms with Crippen molar-refractivity contribution in [3.05, 3.63) is 29.6 Å². The van der Waals surface area contributed by atoms with Crippen molar-refractivity contribution in [2.75, 3.05) is 11.1 Å². The Kier molecular flexibility index (Phi) is 4.94. The third-order valence-corrected chi connectivity index (χ3v) is 3.42. The molecule has 0 spiro atoms. The van der Waals surface area contributed by atoms with Crippen LogP contribution in [0.4, 0.5) is 10.1 Å². The normalized spacial score (nSPS) is 11.2. The van der Waals surface area contributed by atoms with E-state index in [0.29, 0.717) is 0 Å². The first-order chi connectivity index (χ1) is 8.70. The third kappa shape index (κ3) is 4.90. The summed E-state index contributed by atoms with van der Waals surface area (Å²) in [5.74, 6) is -2.32. The Balaban J connectivity index is 2.82. The monoisotopic (exact) mass is 285 g/mol. The molecule has 0 aliphatic carbocycles. The second-order valence-electron chi connectivity index (χ2n) is 4.92. The summed E-state index contributed by atoms with van der Waals surface area (Å²) in [6.45, 7) is 5.87. The van der Waals surface area contributed by atoms with Crippen LogP contribution >= 0.6 is 11.8 Å². The molecule has 0 unspecified atom stereocenters. The molecule has 2 N–H and O–H groups in total. The number of rotatable bonds is 4. The van der Waals surface area contributed by atoms with Crippen LogP contribution in [0.5, 0.6) is 0 Å². The average molecular weight is 285 g/mol. The minimum atomic E-state index is -1.28. The number of carbonyl (C=O) groups excluding carboxylic acids is 1. The molecule has 0 radical (unpaired) electrons. The van der Waals surface area contributed by atoms with Gasteiger partial charge in [0.2, 0.25) is 5.91 Å². The van der Waals surface area contributed by atoms with Crippen molar-refractivity contribution in [2.24, 2.45) is 0 Å². The zero-order valence-electron chi connectivity index (χ0n) is 11.0. The SMILES string of the molecule is CC(C)(C)SCC(=O)Nc1c(F)cccc1C(=O)O. The lowest BCUT2D eigenvalue weighted by Crippen LogP contribution is -2.21.